The normalized spacial score (nSPS) is 14.1. The third-order valence-corrected chi connectivity index (χ3v) is 7.61. The molecule has 1 unspecified atom stereocenters. The third kappa shape index (κ3) is 7.67. The second-order valence-electron chi connectivity index (χ2n) is 9.62. The molecule has 3 N–H and O–H groups in total. The number of anilines is 1. The van der Waals surface area contributed by atoms with Crippen LogP contribution < -0.4 is 10.6 Å². The third-order valence-electron chi connectivity index (χ3n) is 5.49. The number of amides is 3. The lowest BCUT2D eigenvalue weighted by atomic mass is 9.92. The molecule has 41 heavy (non-hydrogen) atoms. The number of hydrogen-bond donors (Lipinski definition) is 3. The van der Waals surface area contributed by atoms with Gasteiger partial charge < -0.3 is 15.7 Å². The van der Waals surface area contributed by atoms with Crippen LogP contribution in [-0.4, -0.2) is 57.1 Å². The summed E-state index contributed by atoms with van der Waals surface area (Å²) >= 11 is 6.14. The standard InChI is InChI=1S/C24H23ClF7N3O5S/c1-12-10-13(22(26,23(27,28)29)24(30,31)32)8-9-16(12)33-18(36)14-6-5-7-15(25)17(14)19(37)34-21(2,3)11-41(4,40)35-20(38)39/h5-10H,11H2,1-4H3,(H,33,36)(H,34,37)(H,38,39). The zero-order valence-corrected chi connectivity index (χ0v) is 23.2. The Bertz CT molecular complexity index is 1490. The van der Waals surface area contributed by atoms with E-state index in [9.17, 15) is 49.3 Å². The summed E-state index contributed by atoms with van der Waals surface area (Å²) in [5.74, 6) is -2.42. The second-order valence-corrected chi connectivity index (χ2v) is 12.4. The molecule has 1 atom stereocenters. The van der Waals surface area contributed by atoms with Gasteiger partial charge in [0, 0.05) is 23.0 Å². The van der Waals surface area contributed by atoms with Crippen molar-refractivity contribution in [2.75, 3.05) is 17.3 Å². The highest BCUT2D eigenvalue weighted by molar-refractivity contribution is 7.93. The summed E-state index contributed by atoms with van der Waals surface area (Å²) in [6, 6.07) is 4.83. The molecule has 0 aliphatic rings. The number of nitrogens with zero attached hydrogens (tertiary/aromatic N) is 1. The minimum Gasteiger partial charge on any atom is -0.463 e. The van der Waals surface area contributed by atoms with Gasteiger partial charge in [0.25, 0.3) is 11.8 Å². The lowest BCUT2D eigenvalue weighted by Gasteiger charge is -2.30. The van der Waals surface area contributed by atoms with Crippen LogP contribution in [0.3, 0.4) is 0 Å². The molecule has 226 valence electrons. The van der Waals surface area contributed by atoms with Gasteiger partial charge in [-0.1, -0.05) is 29.8 Å². The minimum atomic E-state index is -6.33. The fourth-order valence-electron chi connectivity index (χ4n) is 3.91. The molecule has 0 bridgehead atoms. The quantitative estimate of drug-likeness (QED) is 0.301. The smallest absolute Gasteiger partial charge is 0.439 e. The Kier molecular flexibility index (Phi) is 9.45. The number of carboxylic acid groups (broad SMARTS) is 1. The van der Waals surface area contributed by atoms with Crippen molar-refractivity contribution < 1.29 is 54.4 Å². The fraction of sp³-hybridized carbons (Fsp3) is 0.375. The van der Waals surface area contributed by atoms with Crippen LogP contribution in [0.4, 0.5) is 41.2 Å². The van der Waals surface area contributed by atoms with Gasteiger partial charge in [-0.25, -0.2) is 13.4 Å². The summed E-state index contributed by atoms with van der Waals surface area (Å²) in [7, 11) is -3.30. The van der Waals surface area contributed by atoms with Crippen LogP contribution in [0.15, 0.2) is 40.8 Å². The summed E-state index contributed by atoms with van der Waals surface area (Å²) < 4.78 is 109. The number of carbonyl (C=O) groups is 3. The van der Waals surface area contributed by atoms with Crippen molar-refractivity contribution in [2.24, 2.45) is 4.36 Å². The van der Waals surface area contributed by atoms with Gasteiger partial charge in [-0.05, 0) is 44.5 Å². The number of halogens is 8. The Hall–Kier alpha value is -3.40. The van der Waals surface area contributed by atoms with E-state index in [1.54, 1.807) is 0 Å². The molecule has 0 aliphatic heterocycles. The Balaban J connectivity index is 2.42. The molecule has 8 nitrogen and oxygen atoms in total. The van der Waals surface area contributed by atoms with E-state index in [-0.39, 0.29) is 34.0 Å². The average Bonchev–Trinajstić information content (AvgIpc) is 2.75. The molecule has 2 rings (SSSR count). The Morgan fingerprint density at radius 3 is 2.02 bits per heavy atom. The number of aryl methyl sites for hydroxylation is 1. The highest BCUT2D eigenvalue weighted by atomic mass is 35.5. The molecule has 0 saturated carbocycles. The van der Waals surface area contributed by atoms with E-state index in [4.69, 9.17) is 16.7 Å². The van der Waals surface area contributed by atoms with Crippen molar-refractivity contribution in [1.82, 2.24) is 5.32 Å². The molecular weight excluding hydrogens is 611 g/mol. The summed E-state index contributed by atoms with van der Waals surface area (Å²) in [5, 5.41) is 13.3. The Morgan fingerprint density at radius 2 is 1.54 bits per heavy atom. The number of nitrogens with one attached hydrogen (secondary N) is 2. The van der Waals surface area contributed by atoms with Gasteiger partial charge in [-0.2, -0.15) is 26.3 Å². The van der Waals surface area contributed by atoms with E-state index in [0.717, 1.165) is 19.2 Å². The lowest BCUT2D eigenvalue weighted by Crippen LogP contribution is -2.50. The predicted molar refractivity (Wildman–Crippen MR) is 136 cm³/mol. The number of carbonyl (C=O) groups excluding carboxylic acids is 2. The number of alkyl halides is 7. The van der Waals surface area contributed by atoms with E-state index in [2.05, 4.69) is 15.0 Å². The molecule has 3 amide bonds. The summed E-state index contributed by atoms with van der Waals surface area (Å²) in [6.45, 7) is 3.84. The molecule has 17 heteroatoms. The zero-order chi connectivity index (χ0) is 31.8. The molecule has 2 aromatic carbocycles. The number of hydrogen-bond acceptors (Lipinski definition) is 4. The maximum atomic E-state index is 14.4. The molecule has 0 fully saturated rings. The maximum absolute atomic E-state index is 14.4. The molecule has 0 saturated heterocycles. The predicted octanol–water partition coefficient (Wildman–Crippen LogP) is 6.47. The van der Waals surface area contributed by atoms with Crippen LogP contribution in [0.1, 0.15) is 45.7 Å². The molecule has 2 aromatic rings. The van der Waals surface area contributed by atoms with Gasteiger partial charge in [0.2, 0.25) is 0 Å². The van der Waals surface area contributed by atoms with Crippen molar-refractivity contribution in [3.63, 3.8) is 0 Å². The van der Waals surface area contributed by atoms with Crippen LogP contribution in [0.25, 0.3) is 0 Å². The first-order valence-corrected chi connectivity index (χ1v) is 13.7. The van der Waals surface area contributed by atoms with Crippen LogP contribution in [0.2, 0.25) is 5.02 Å². The van der Waals surface area contributed by atoms with Gasteiger partial charge in [-0.3, -0.25) is 9.59 Å². The van der Waals surface area contributed by atoms with Crippen LogP contribution in [0, 0.1) is 6.92 Å². The van der Waals surface area contributed by atoms with Crippen LogP contribution in [-0.2, 0) is 15.4 Å². The Morgan fingerprint density at radius 1 is 0.976 bits per heavy atom. The SMILES string of the molecule is Cc1cc(C(F)(C(F)(F)F)C(F)(F)F)ccc1NC(=O)c1cccc(Cl)c1C(=O)NC(C)(C)CS(C)(=O)=NC(=O)O. The molecule has 0 aliphatic carbocycles. The highest BCUT2D eigenvalue weighted by Gasteiger charge is 2.73. The second kappa shape index (κ2) is 11.5. The Labute approximate surface area is 234 Å². The first-order valence-electron chi connectivity index (χ1n) is 11.2. The zero-order valence-electron chi connectivity index (χ0n) is 21.6. The number of benzene rings is 2. The minimum absolute atomic E-state index is 0.224. The van der Waals surface area contributed by atoms with Crippen LogP contribution >= 0.6 is 11.6 Å². The van der Waals surface area contributed by atoms with Gasteiger partial charge >= 0.3 is 24.1 Å². The molecule has 0 aromatic heterocycles. The van der Waals surface area contributed by atoms with E-state index in [1.807, 2.05) is 0 Å². The molecular formula is C24H23ClF7N3O5S. The van der Waals surface area contributed by atoms with Crippen molar-refractivity contribution in [1.29, 1.82) is 0 Å². The van der Waals surface area contributed by atoms with Gasteiger partial charge in [0.15, 0.2) is 0 Å². The number of rotatable bonds is 7. The topological polar surface area (TPSA) is 125 Å². The van der Waals surface area contributed by atoms with E-state index in [1.165, 1.54) is 26.0 Å². The summed E-state index contributed by atoms with van der Waals surface area (Å²) in [6.07, 6.45) is -13.3. The summed E-state index contributed by atoms with van der Waals surface area (Å²) in [4.78, 5) is 37.0. The molecule has 0 heterocycles. The maximum Gasteiger partial charge on any atom is 0.439 e. The van der Waals surface area contributed by atoms with Crippen molar-refractivity contribution in [2.45, 2.75) is 44.3 Å². The highest BCUT2D eigenvalue weighted by Crippen LogP contribution is 2.53. The first kappa shape index (κ1) is 33.8. The molecule has 0 radical (unpaired) electrons. The van der Waals surface area contributed by atoms with Crippen LogP contribution in [0.5, 0.6) is 0 Å². The lowest BCUT2D eigenvalue weighted by molar-refractivity contribution is -0.348. The van der Waals surface area contributed by atoms with E-state index < -0.39 is 68.1 Å². The largest absolute Gasteiger partial charge is 0.463 e. The summed E-state index contributed by atoms with van der Waals surface area (Å²) in [5.41, 5.74) is -10.2. The van der Waals surface area contributed by atoms with Gasteiger partial charge in [-0.15, -0.1) is 4.36 Å². The molecule has 0 spiro atoms. The van der Waals surface area contributed by atoms with Gasteiger partial charge in [0.05, 0.1) is 31.6 Å². The van der Waals surface area contributed by atoms with E-state index >= 15 is 0 Å². The van der Waals surface area contributed by atoms with Gasteiger partial charge in [0.1, 0.15) is 0 Å². The first-order chi connectivity index (χ1) is 18.4. The monoisotopic (exact) mass is 633 g/mol. The van der Waals surface area contributed by atoms with E-state index in [0.29, 0.717) is 6.07 Å². The average molecular weight is 634 g/mol. The fourth-order valence-corrected chi connectivity index (χ4v) is 5.98. The van der Waals surface area contributed by atoms with Crippen molar-refractivity contribution >= 4 is 44.9 Å². The van der Waals surface area contributed by atoms with Crippen molar-refractivity contribution in [3.8, 4) is 0 Å². The van der Waals surface area contributed by atoms with Crippen molar-refractivity contribution in [3.05, 3.63) is 63.7 Å².